The average molecular weight is 322 g/mol. The smallest absolute Gasteiger partial charge is 0.251 e. The normalized spacial score (nSPS) is 12.8. The van der Waals surface area contributed by atoms with Gasteiger partial charge in [-0.2, -0.15) is 5.10 Å². The van der Waals surface area contributed by atoms with E-state index >= 15 is 0 Å². The van der Waals surface area contributed by atoms with Crippen LogP contribution in [0.2, 0.25) is 0 Å². The van der Waals surface area contributed by atoms with E-state index in [0.29, 0.717) is 12.1 Å². The first kappa shape index (κ1) is 16.2. The van der Waals surface area contributed by atoms with E-state index in [-0.39, 0.29) is 16.8 Å². The first-order chi connectivity index (χ1) is 10.4. The third-order valence-electron chi connectivity index (χ3n) is 3.03. The maximum atomic E-state index is 12.3. The molecule has 0 aliphatic rings. The van der Waals surface area contributed by atoms with Crippen molar-refractivity contribution in [2.24, 2.45) is 0 Å². The minimum Gasteiger partial charge on any atom is -0.355 e. The van der Waals surface area contributed by atoms with Gasteiger partial charge in [-0.05, 0) is 37.3 Å². The van der Waals surface area contributed by atoms with Crippen LogP contribution in [0.15, 0.2) is 47.6 Å². The highest BCUT2D eigenvalue weighted by atomic mass is 32.2. The maximum absolute atomic E-state index is 12.3. The first-order valence-electron chi connectivity index (χ1n) is 6.74. The lowest BCUT2D eigenvalue weighted by molar-refractivity contribution is 0.0963. The predicted molar refractivity (Wildman–Crippen MR) is 81.8 cm³/mol. The molecule has 0 bridgehead atoms. The van der Waals surface area contributed by atoms with Gasteiger partial charge in [-0.3, -0.25) is 9.48 Å². The summed E-state index contributed by atoms with van der Waals surface area (Å²) in [5.41, 5.74) is 0.408. The number of nitrogens with one attached hydrogen (secondary N) is 2. The second-order valence-electron chi connectivity index (χ2n) is 4.85. The van der Waals surface area contributed by atoms with E-state index in [1.807, 2.05) is 0 Å². The molecule has 1 aromatic heterocycles. The van der Waals surface area contributed by atoms with E-state index in [1.165, 1.54) is 31.3 Å². The molecular weight excluding hydrogens is 304 g/mol. The number of carbonyl (C=O) groups excluding carboxylic acids is 1. The standard InChI is InChI=1S/C14H18N4O3S/c1-11(10-18-9-3-8-16-18)17-22(20,21)13-6-4-12(5-7-13)14(19)15-2/h3-9,11,17H,10H2,1-2H3,(H,15,19)/t11-/m1/s1. The topological polar surface area (TPSA) is 93.1 Å². The van der Waals surface area contributed by atoms with E-state index in [2.05, 4.69) is 15.1 Å². The van der Waals surface area contributed by atoms with Crippen LogP contribution in [0.4, 0.5) is 0 Å². The highest BCUT2D eigenvalue weighted by molar-refractivity contribution is 7.89. The van der Waals surface area contributed by atoms with Crippen molar-refractivity contribution in [1.29, 1.82) is 0 Å². The van der Waals surface area contributed by atoms with Gasteiger partial charge < -0.3 is 5.32 Å². The van der Waals surface area contributed by atoms with Gasteiger partial charge in [0.15, 0.2) is 0 Å². The molecule has 22 heavy (non-hydrogen) atoms. The van der Waals surface area contributed by atoms with Crippen molar-refractivity contribution in [2.75, 3.05) is 7.05 Å². The Hall–Kier alpha value is -2.19. The summed E-state index contributed by atoms with van der Waals surface area (Å²) in [5, 5.41) is 6.52. The van der Waals surface area contributed by atoms with Crippen molar-refractivity contribution < 1.29 is 13.2 Å². The molecule has 1 heterocycles. The van der Waals surface area contributed by atoms with Crippen molar-refractivity contribution in [3.63, 3.8) is 0 Å². The van der Waals surface area contributed by atoms with Gasteiger partial charge in [-0.25, -0.2) is 13.1 Å². The Kier molecular flexibility index (Phi) is 4.94. The zero-order valence-corrected chi connectivity index (χ0v) is 13.2. The largest absolute Gasteiger partial charge is 0.355 e. The van der Waals surface area contributed by atoms with E-state index < -0.39 is 10.0 Å². The molecule has 0 saturated carbocycles. The van der Waals surface area contributed by atoms with Crippen LogP contribution in [0.1, 0.15) is 17.3 Å². The molecule has 0 aliphatic heterocycles. The van der Waals surface area contributed by atoms with Gasteiger partial charge in [-0.1, -0.05) is 0 Å². The first-order valence-corrected chi connectivity index (χ1v) is 8.22. The fraction of sp³-hybridized carbons (Fsp3) is 0.286. The number of hydrogen-bond donors (Lipinski definition) is 2. The van der Waals surface area contributed by atoms with Crippen LogP contribution in [-0.4, -0.2) is 37.2 Å². The SMILES string of the molecule is CNC(=O)c1ccc(S(=O)(=O)N[C@H](C)Cn2cccn2)cc1. The predicted octanol–water partition coefficient (Wildman–Crippen LogP) is 0.610. The number of benzene rings is 1. The Morgan fingerprint density at radius 2 is 2.00 bits per heavy atom. The molecule has 2 N–H and O–H groups in total. The Morgan fingerprint density at radius 1 is 1.32 bits per heavy atom. The summed E-state index contributed by atoms with van der Waals surface area (Å²) in [6.07, 6.45) is 3.40. The fourth-order valence-corrected chi connectivity index (χ4v) is 3.22. The maximum Gasteiger partial charge on any atom is 0.251 e. The summed E-state index contributed by atoms with van der Waals surface area (Å²) < 4.78 is 28.8. The van der Waals surface area contributed by atoms with E-state index in [9.17, 15) is 13.2 Å². The molecule has 0 radical (unpaired) electrons. The number of rotatable bonds is 6. The molecule has 0 saturated heterocycles. The summed E-state index contributed by atoms with van der Waals surface area (Å²) in [7, 11) is -2.12. The number of sulfonamides is 1. The lowest BCUT2D eigenvalue weighted by Crippen LogP contribution is -2.35. The van der Waals surface area contributed by atoms with Gasteiger partial charge in [-0.15, -0.1) is 0 Å². The quantitative estimate of drug-likeness (QED) is 0.815. The summed E-state index contributed by atoms with van der Waals surface area (Å²) in [6, 6.07) is 7.24. The minimum absolute atomic E-state index is 0.118. The second kappa shape index (κ2) is 6.71. The summed E-state index contributed by atoms with van der Waals surface area (Å²) in [4.78, 5) is 11.6. The molecule has 1 atom stereocenters. The molecule has 1 aromatic carbocycles. The Bertz CT molecular complexity index is 724. The third-order valence-corrected chi connectivity index (χ3v) is 4.64. The monoisotopic (exact) mass is 322 g/mol. The number of aromatic nitrogens is 2. The highest BCUT2D eigenvalue weighted by Gasteiger charge is 2.18. The highest BCUT2D eigenvalue weighted by Crippen LogP contribution is 2.11. The molecule has 0 unspecified atom stereocenters. The fourth-order valence-electron chi connectivity index (χ4n) is 1.99. The van der Waals surface area contributed by atoms with Crippen LogP contribution in [0.5, 0.6) is 0 Å². The third kappa shape index (κ3) is 3.92. The molecule has 1 amide bonds. The lowest BCUT2D eigenvalue weighted by Gasteiger charge is -2.14. The number of nitrogens with zero attached hydrogens (tertiary/aromatic N) is 2. The van der Waals surface area contributed by atoms with Gasteiger partial charge in [0, 0.05) is 31.0 Å². The number of amides is 1. The van der Waals surface area contributed by atoms with Gasteiger partial charge in [0.1, 0.15) is 0 Å². The summed E-state index contributed by atoms with van der Waals surface area (Å²) in [5.74, 6) is -0.260. The van der Waals surface area contributed by atoms with Crippen LogP contribution in [0.25, 0.3) is 0 Å². The van der Waals surface area contributed by atoms with Crippen molar-refractivity contribution >= 4 is 15.9 Å². The van der Waals surface area contributed by atoms with Gasteiger partial charge in [0.05, 0.1) is 11.4 Å². The van der Waals surface area contributed by atoms with E-state index in [0.717, 1.165) is 0 Å². The average Bonchev–Trinajstić information content (AvgIpc) is 2.98. The van der Waals surface area contributed by atoms with Crippen molar-refractivity contribution in [1.82, 2.24) is 19.8 Å². The van der Waals surface area contributed by atoms with Crippen LogP contribution in [0.3, 0.4) is 0 Å². The molecule has 0 aliphatic carbocycles. The van der Waals surface area contributed by atoms with Crippen molar-refractivity contribution in [3.05, 3.63) is 48.3 Å². The number of hydrogen-bond acceptors (Lipinski definition) is 4. The zero-order chi connectivity index (χ0) is 16.2. The summed E-state index contributed by atoms with van der Waals surface area (Å²) in [6.45, 7) is 2.20. The van der Waals surface area contributed by atoms with Gasteiger partial charge >= 0.3 is 0 Å². The van der Waals surface area contributed by atoms with Gasteiger partial charge in [0.25, 0.3) is 5.91 Å². The van der Waals surface area contributed by atoms with Crippen molar-refractivity contribution in [2.45, 2.75) is 24.4 Å². The molecule has 2 aromatic rings. The minimum atomic E-state index is -3.63. The molecule has 0 fully saturated rings. The Balaban J connectivity index is 2.07. The van der Waals surface area contributed by atoms with Gasteiger partial charge in [0.2, 0.25) is 10.0 Å². The van der Waals surface area contributed by atoms with Crippen LogP contribution < -0.4 is 10.0 Å². The molecule has 118 valence electrons. The summed E-state index contributed by atoms with van der Waals surface area (Å²) >= 11 is 0. The van der Waals surface area contributed by atoms with E-state index in [1.54, 1.807) is 30.1 Å². The number of carbonyl (C=O) groups is 1. The molecule has 8 heteroatoms. The Morgan fingerprint density at radius 3 is 2.55 bits per heavy atom. The van der Waals surface area contributed by atoms with Crippen LogP contribution >= 0.6 is 0 Å². The molecular formula is C14H18N4O3S. The van der Waals surface area contributed by atoms with Crippen molar-refractivity contribution in [3.8, 4) is 0 Å². The van der Waals surface area contributed by atoms with E-state index in [4.69, 9.17) is 0 Å². The lowest BCUT2D eigenvalue weighted by atomic mass is 10.2. The second-order valence-corrected chi connectivity index (χ2v) is 6.57. The molecule has 2 rings (SSSR count). The molecule has 0 spiro atoms. The zero-order valence-electron chi connectivity index (χ0n) is 12.4. The Labute approximate surface area is 129 Å². The molecule has 7 nitrogen and oxygen atoms in total. The van der Waals surface area contributed by atoms with Crippen LogP contribution in [0, 0.1) is 0 Å². The van der Waals surface area contributed by atoms with Crippen LogP contribution in [-0.2, 0) is 16.6 Å².